The van der Waals surface area contributed by atoms with Gasteiger partial charge in [0.2, 0.25) is 5.91 Å². The number of rotatable bonds is 8. The summed E-state index contributed by atoms with van der Waals surface area (Å²) >= 11 is 0. The maximum absolute atomic E-state index is 12.2. The van der Waals surface area contributed by atoms with Crippen LogP contribution in [0.2, 0.25) is 0 Å². The maximum atomic E-state index is 12.2. The van der Waals surface area contributed by atoms with Crippen molar-refractivity contribution >= 4 is 11.9 Å². The molecule has 0 unspecified atom stereocenters. The quantitative estimate of drug-likeness (QED) is 0.728. The molecule has 19 heavy (non-hydrogen) atoms. The molecule has 0 radical (unpaired) electrons. The Hall–Kier alpha value is -1.36. The van der Waals surface area contributed by atoms with E-state index < -0.39 is 5.97 Å². The lowest BCUT2D eigenvalue weighted by molar-refractivity contribution is -0.137. The Bertz CT molecular complexity index is 353. The highest BCUT2D eigenvalue weighted by Crippen LogP contribution is 2.21. The first-order chi connectivity index (χ1) is 9.04. The third kappa shape index (κ3) is 5.42. The number of carboxylic acids is 1. The average molecular weight is 268 g/mol. The molecule has 0 fully saturated rings. The third-order valence-electron chi connectivity index (χ3n) is 3.32. The lowest BCUT2D eigenvalue weighted by Gasteiger charge is -2.25. The van der Waals surface area contributed by atoms with Crippen molar-refractivity contribution in [1.82, 2.24) is 9.80 Å². The fourth-order valence-electron chi connectivity index (χ4n) is 2.33. The fourth-order valence-corrected chi connectivity index (χ4v) is 2.33. The van der Waals surface area contributed by atoms with Crippen molar-refractivity contribution in [2.24, 2.45) is 0 Å². The summed E-state index contributed by atoms with van der Waals surface area (Å²) < 4.78 is 0. The number of carbonyl (C=O) groups is 2. The van der Waals surface area contributed by atoms with Crippen LogP contribution in [0.3, 0.4) is 0 Å². The van der Waals surface area contributed by atoms with E-state index in [4.69, 9.17) is 5.11 Å². The van der Waals surface area contributed by atoms with Gasteiger partial charge in [-0.2, -0.15) is 0 Å². The molecule has 0 saturated carbocycles. The van der Waals surface area contributed by atoms with Gasteiger partial charge in [-0.15, -0.1) is 0 Å². The summed E-state index contributed by atoms with van der Waals surface area (Å²) in [7, 11) is 1.86. The molecule has 0 heterocycles. The molecule has 0 aromatic carbocycles. The Kier molecular flexibility index (Phi) is 6.56. The number of likely N-dealkylation sites (N-methyl/N-ethyl adjacent to an activating group) is 2. The molecule has 108 valence electrons. The van der Waals surface area contributed by atoms with E-state index in [1.54, 1.807) is 0 Å². The molecule has 0 aliphatic heterocycles. The molecule has 0 saturated heterocycles. The van der Waals surface area contributed by atoms with Gasteiger partial charge in [-0.25, -0.2) is 0 Å². The van der Waals surface area contributed by atoms with Gasteiger partial charge in [0.1, 0.15) is 0 Å². The van der Waals surface area contributed by atoms with Crippen molar-refractivity contribution in [3.05, 3.63) is 11.8 Å². The summed E-state index contributed by atoms with van der Waals surface area (Å²) in [6, 6.07) is 0. The summed E-state index contributed by atoms with van der Waals surface area (Å²) in [5, 5.41) is 8.58. The van der Waals surface area contributed by atoms with Gasteiger partial charge >= 0.3 is 5.97 Å². The van der Waals surface area contributed by atoms with Crippen LogP contribution >= 0.6 is 0 Å². The molecule has 1 N–H and O–H groups in total. The number of hydrogen-bond acceptors (Lipinski definition) is 3. The minimum atomic E-state index is -0.786. The molecule has 0 atom stereocenters. The summed E-state index contributed by atoms with van der Waals surface area (Å²) in [5.74, 6) is -0.681. The number of hydrogen-bond donors (Lipinski definition) is 1. The highest BCUT2D eigenvalue weighted by molar-refractivity contribution is 5.80. The second kappa shape index (κ2) is 7.94. The van der Waals surface area contributed by atoms with Gasteiger partial charge in [-0.05, 0) is 46.2 Å². The van der Waals surface area contributed by atoms with Crippen LogP contribution in [0.15, 0.2) is 11.8 Å². The predicted molar refractivity (Wildman–Crippen MR) is 73.7 cm³/mol. The van der Waals surface area contributed by atoms with Crippen LogP contribution in [0.25, 0.3) is 0 Å². The predicted octanol–water partition coefficient (Wildman–Crippen LogP) is 1.70. The van der Waals surface area contributed by atoms with Crippen LogP contribution < -0.4 is 0 Å². The summed E-state index contributed by atoms with van der Waals surface area (Å²) in [6.45, 7) is 3.68. The minimum Gasteiger partial charge on any atom is -0.481 e. The molecule has 0 aromatic rings. The van der Waals surface area contributed by atoms with E-state index in [9.17, 15) is 9.59 Å². The van der Waals surface area contributed by atoms with Gasteiger partial charge in [-0.1, -0.05) is 6.08 Å². The first kappa shape index (κ1) is 15.7. The molecule has 1 aliphatic carbocycles. The fraction of sp³-hybridized carbons (Fsp3) is 0.714. The average Bonchev–Trinajstić information content (AvgIpc) is 2.82. The first-order valence-electron chi connectivity index (χ1n) is 6.94. The Morgan fingerprint density at radius 3 is 2.68 bits per heavy atom. The summed E-state index contributed by atoms with van der Waals surface area (Å²) in [5.41, 5.74) is 1.14. The monoisotopic (exact) mass is 268 g/mol. The molecule has 0 aromatic heterocycles. The van der Waals surface area contributed by atoms with Crippen LogP contribution in [-0.2, 0) is 9.59 Å². The van der Waals surface area contributed by atoms with Gasteiger partial charge in [0.05, 0.1) is 6.54 Å². The Balaban J connectivity index is 2.37. The lowest BCUT2D eigenvalue weighted by atomic mass is 10.2. The molecule has 0 spiro atoms. The highest BCUT2D eigenvalue weighted by Gasteiger charge is 2.19. The van der Waals surface area contributed by atoms with E-state index in [-0.39, 0.29) is 12.3 Å². The SMILES string of the molecule is CCN(C(=O)CN(C)CCCC(=O)O)C1=CCCC1. The number of allylic oxidation sites excluding steroid dienone is 2. The second-order valence-electron chi connectivity index (χ2n) is 4.96. The van der Waals surface area contributed by atoms with Gasteiger partial charge in [0.15, 0.2) is 0 Å². The highest BCUT2D eigenvalue weighted by atomic mass is 16.4. The van der Waals surface area contributed by atoms with Crippen LogP contribution in [-0.4, -0.2) is 53.5 Å². The molecule has 1 aliphatic rings. The Morgan fingerprint density at radius 1 is 1.42 bits per heavy atom. The Morgan fingerprint density at radius 2 is 2.16 bits per heavy atom. The maximum Gasteiger partial charge on any atom is 0.303 e. The van der Waals surface area contributed by atoms with Crippen LogP contribution in [0.4, 0.5) is 0 Å². The second-order valence-corrected chi connectivity index (χ2v) is 4.96. The lowest BCUT2D eigenvalue weighted by Crippen LogP contribution is -2.38. The molecule has 5 heteroatoms. The van der Waals surface area contributed by atoms with Crippen molar-refractivity contribution < 1.29 is 14.7 Å². The molecule has 1 rings (SSSR count). The topological polar surface area (TPSA) is 60.9 Å². The van der Waals surface area contributed by atoms with E-state index in [1.165, 1.54) is 0 Å². The number of aliphatic carboxylic acids is 1. The van der Waals surface area contributed by atoms with Crippen molar-refractivity contribution in [2.45, 2.75) is 39.0 Å². The van der Waals surface area contributed by atoms with E-state index in [2.05, 4.69) is 6.08 Å². The van der Waals surface area contributed by atoms with E-state index in [0.717, 1.165) is 25.0 Å². The smallest absolute Gasteiger partial charge is 0.303 e. The van der Waals surface area contributed by atoms with Crippen molar-refractivity contribution in [2.75, 3.05) is 26.7 Å². The van der Waals surface area contributed by atoms with E-state index in [1.807, 2.05) is 23.8 Å². The summed E-state index contributed by atoms with van der Waals surface area (Å²) in [4.78, 5) is 26.4. The van der Waals surface area contributed by atoms with Gasteiger partial charge in [0.25, 0.3) is 0 Å². The Labute approximate surface area is 114 Å². The largest absolute Gasteiger partial charge is 0.481 e. The normalized spacial score (nSPS) is 14.6. The van der Waals surface area contributed by atoms with Crippen molar-refractivity contribution in [3.8, 4) is 0 Å². The van der Waals surface area contributed by atoms with Crippen LogP contribution in [0, 0.1) is 0 Å². The molecule has 0 bridgehead atoms. The van der Waals surface area contributed by atoms with Crippen molar-refractivity contribution in [1.29, 1.82) is 0 Å². The van der Waals surface area contributed by atoms with Gasteiger partial charge in [0, 0.05) is 18.7 Å². The molecule has 1 amide bonds. The van der Waals surface area contributed by atoms with Crippen LogP contribution in [0.5, 0.6) is 0 Å². The van der Waals surface area contributed by atoms with Crippen LogP contribution in [0.1, 0.15) is 39.0 Å². The number of carboxylic acid groups (broad SMARTS) is 1. The molecule has 5 nitrogen and oxygen atoms in total. The third-order valence-corrected chi connectivity index (χ3v) is 3.32. The zero-order valence-electron chi connectivity index (χ0n) is 11.9. The molecular formula is C14H24N2O3. The van der Waals surface area contributed by atoms with Gasteiger partial charge < -0.3 is 10.0 Å². The number of amides is 1. The zero-order valence-corrected chi connectivity index (χ0v) is 11.9. The summed E-state index contributed by atoms with van der Waals surface area (Å²) in [6.07, 6.45) is 6.06. The minimum absolute atomic E-state index is 0.105. The van der Waals surface area contributed by atoms with Gasteiger partial charge in [-0.3, -0.25) is 14.5 Å². The zero-order chi connectivity index (χ0) is 14.3. The van der Waals surface area contributed by atoms with E-state index in [0.29, 0.717) is 26.1 Å². The first-order valence-corrected chi connectivity index (χ1v) is 6.94. The molecular weight excluding hydrogens is 244 g/mol. The standard InChI is InChI=1S/C14H24N2O3/c1-3-16(12-7-4-5-8-12)13(17)11-15(2)10-6-9-14(18)19/h7H,3-6,8-11H2,1-2H3,(H,18,19). The van der Waals surface area contributed by atoms with E-state index >= 15 is 0 Å². The van der Waals surface area contributed by atoms with Crippen molar-refractivity contribution in [3.63, 3.8) is 0 Å². The number of carbonyl (C=O) groups excluding carboxylic acids is 1. The number of nitrogens with zero attached hydrogens (tertiary/aromatic N) is 2.